The van der Waals surface area contributed by atoms with Crippen LogP contribution in [-0.2, 0) is 0 Å². The number of nitrogens with one attached hydrogen (secondary N) is 1. The molecule has 1 aromatic carbocycles. The van der Waals surface area contributed by atoms with E-state index in [1.807, 2.05) is 0 Å². The highest BCUT2D eigenvalue weighted by Crippen LogP contribution is 2.26. The van der Waals surface area contributed by atoms with Gasteiger partial charge in [-0.15, -0.1) is 0 Å². The Hall–Kier alpha value is -2.15. The Labute approximate surface area is 115 Å². The average Bonchev–Trinajstić information content (AvgIpc) is 2.82. The van der Waals surface area contributed by atoms with Gasteiger partial charge in [0.25, 0.3) is 11.7 Å². The minimum absolute atomic E-state index is 0.00503. The van der Waals surface area contributed by atoms with E-state index in [9.17, 15) is 10.1 Å². The molecule has 2 atom stereocenters. The van der Waals surface area contributed by atoms with Gasteiger partial charge in [-0.05, 0) is 18.9 Å². The van der Waals surface area contributed by atoms with Crippen LogP contribution >= 0.6 is 0 Å². The molecule has 0 unspecified atom stereocenters. The number of hydrogen-bond donors (Lipinski definition) is 2. The van der Waals surface area contributed by atoms with Crippen LogP contribution in [0, 0.1) is 10.1 Å². The van der Waals surface area contributed by atoms with E-state index in [4.69, 9.17) is 10.2 Å². The number of nitrogens with zero attached hydrogens (tertiary/aromatic N) is 2. The van der Waals surface area contributed by atoms with Gasteiger partial charge in [0.05, 0.1) is 11.0 Å². The van der Waals surface area contributed by atoms with Crippen molar-refractivity contribution in [1.82, 2.24) is 4.98 Å². The van der Waals surface area contributed by atoms with Crippen LogP contribution < -0.4 is 11.1 Å². The van der Waals surface area contributed by atoms with Crippen LogP contribution in [0.25, 0.3) is 11.1 Å². The molecule has 1 aromatic heterocycles. The van der Waals surface area contributed by atoms with Crippen molar-refractivity contribution in [2.75, 3.05) is 5.32 Å². The minimum atomic E-state index is -0.452. The molecule has 1 saturated carbocycles. The number of nitrogens with two attached hydrogens (primary N) is 1. The first-order chi connectivity index (χ1) is 9.63. The fraction of sp³-hybridized carbons (Fsp3) is 0.462. The van der Waals surface area contributed by atoms with Gasteiger partial charge >= 0.3 is 0 Å². The Balaban J connectivity index is 1.83. The Kier molecular flexibility index (Phi) is 3.27. The second-order valence-corrected chi connectivity index (χ2v) is 5.13. The monoisotopic (exact) mass is 276 g/mol. The SMILES string of the molecule is N[C@@H]1CCCC[C@H]1Nc1nc2ccc([N+](=O)[O-])cc2o1. The third kappa shape index (κ3) is 2.44. The summed E-state index contributed by atoms with van der Waals surface area (Å²) in [5, 5.41) is 13.9. The maximum absolute atomic E-state index is 10.7. The lowest BCUT2D eigenvalue weighted by atomic mass is 9.91. The van der Waals surface area contributed by atoms with E-state index in [1.54, 1.807) is 6.07 Å². The van der Waals surface area contributed by atoms with E-state index in [0.717, 1.165) is 25.7 Å². The highest BCUT2D eigenvalue weighted by molar-refractivity contribution is 5.77. The van der Waals surface area contributed by atoms with Crippen molar-refractivity contribution in [1.29, 1.82) is 0 Å². The van der Waals surface area contributed by atoms with Gasteiger partial charge in [-0.1, -0.05) is 12.8 Å². The topological polar surface area (TPSA) is 107 Å². The number of hydrogen-bond acceptors (Lipinski definition) is 6. The third-order valence-electron chi connectivity index (χ3n) is 3.71. The van der Waals surface area contributed by atoms with E-state index in [1.165, 1.54) is 12.1 Å². The minimum Gasteiger partial charge on any atom is -0.423 e. The van der Waals surface area contributed by atoms with Crippen molar-refractivity contribution >= 4 is 22.8 Å². The number of fused-ring (bicyclic) bond motifs is 1. The highest BCUT2D eigenvalue weighted by atomic mass is 16.6. The van der Waals surface area contributed by atoms with Crippen LogP contribution in [0.2, 0.25) is 0 Å². The fourth-order valence-electron chi connectivity index (χ4n) is 2.59. The molecule has 0 bridgehead atoms. The molecule has 106 valence electrons. The van der Waals surface area contributed by atoms with E-state index in [0.29, 0.717) is 17.1 Å². The molecule has 0 amide bonds. The van der Waals surface area contributed by atoms with Gasteiger partial charge in [-0.3, -0.25) is 10.1 Å². The number of aromatic nitrogens is 1. The highest BCUT2D eigenvalue weighted by Gasteiger charge is 2.23. The summed E-state index contributed by atoms with van der Waals surface area (Å²) >= 11 is 0. The largest absolute Gasteiger partial charge is 0.423 e. The lowest BCUT2D eigenvalue weighted by molar-refractivity contribution is -0.384. The van der Waals surface area contributed by atoms with Crippen LogP contribution in [0.3, 0.4) is 0 Å². The summed E-state index contributed by atoms with van der Waals surface area (Å²) in [7, 11) is 0. The molecule has 0 radical (unpaired) electrons. The van der Waals surface area contributed by atoms with Crippen LogP contribution in [0.1, 0.15) is 25.7 Å². The molecule has 1 heterocycles. The molecule has 1 aliphatic carbocycles. The van der Waals surface area contributed by atoms with Gasteiger partial charge < -0.3 is 15.5 Å². The summed E-state index contributed by atoms with van der Waals surface area (Å²) < 4.78 is 5.53. The first kappa shape index (κ1) is 12.9. The number of anilines is 1. The summed E-state index contributed by atoms with van der Waals surface area (Å²) in [6.07, 6.45) is 4.26. The first-order valence-corrected chi connectivity index (χ1v) is 6.70. The zero-order valence-corrected chi connectivity index (χ0v) is 10.9. The summed E-state index contributed by atoms with van der Waals surface area (Å²) in [6.45, 7) is 0. The zero-order valence-electron chi connectivity index (χ0n) is 10.9. The maximum atomic E-state index is 10.7. The van der Waals surface area contributed by atoms with E-state index < -0.39 is 4.92 Å². The molecule has 7 heteroatoms. The van der Waals surface area contributed by atoms with Crippen LogP contribution in [0.5, 0.6) is 0 Å². The van der Waals surface area contributed by atoms with Gasteiger partial charge in [0.2, 0.25) is 0 Å². The molecule has 3 N–H and O–H groups in total. The number of oxazole rings is 1. The van der Waals surface area contributed by atoms with Gasteiger partial charge in [0.1, 0.15) is 5.52 Å². The number of rotatable bonds is 3. The zero-order chi connectivity index (χ0) is 14.1. The molecular weight excluding hydrogens is 260 g/mol. The van der Waals surface area contributed by atoms with Gasteiger partial charge in [0, 0.05) is 18.2 Å². The molecule has 0 spiro atoms. The molecule has 0 saturated heterocycles. The van der Waals surface area contributed by atoms with Crippen LogP contribution in [0.15, 0.2) is 22.6 Å². The van der Waals surface area contributed by atoms with Crippen LogP contribution in [0.4, 0.5) is 11.7 Å². The number of benzene rings is 1. The van der Waals surface area contributed by atoms with E-state index in [-0.39, 0.29) is 17.8 Å². The van der Waals surface area contributed by atoms with E-state index in [2.05, 4.69) is 10.3 Å². The molecule has 20 heavy (non-hydrogen) atoms. The predicted molar refractivity (Wildman–Crippen MR) is 74.5 cm³/mol. The second-order valence-electron chi connectivity index (χ2n) is 5.13. The molecule has 3 rings (SSSR count). The van der Waals surface area contributed by atoms with Crippen molar-refractivity contribution < 1.29 is 9.34 Å². The van der Waals surface area contributed by atoms with Gasteiger partial charge in [-0.2, -0.15) is 4.98 Å². The molecule has 7 nitrogen and oxygen atoms in total. The van der Waals surface area contributed by atoms with Crippen molar-refractivity contribution in [3.05, 3.63) is 28.3 Å². The maximum Gasteiger partial charge on any atom is 0.295 e. The molecule has 1 aliphatic rings. The van der Waals surface area contributed by atoms with Gasteiger partial charge in [-0.25, -0.2) is 0 Å². The quantitative estimate of drug-likeness (QED) is 0.658. The smallest absolute Gasteiger partial charge is 0.295 e. The van der Waals surface area contributed by atoms with Crippen molar-refractivity contribution in [3.8, 4) is 0 Å². The van der Waals surface area contributed by atoms with Gasteiger partial charge in [0.15, 0.2) is 5.58 Å². The predicted octanol–water partition coefficient (Wildman–Crippen LogP) is 2.42. The van der Waals surface area contributed by atoms with Crippen LogP contribution in [-0.4, -0.2) is 22.0 Å². The molecule has 1 fully saturated rings. The third-order valence-corrected chi connectivity index (χ3v) is 3.71. The number of nitro benzene ring substituents is 1. The summed E-state index contributed by atoms with van der Waals surface area (Å²) in [5.41, 5.74) is 7.07. The second kappa shape index (κ2) is 5.09. The normalized spacial score (nSPS) is 22.9. The first-order valence-electron chi connectivity index (χ1n) is 6.70. The summed E-state index contributed by atoms with van der Waals surface area (Å²) in [4.78, 5) is 14.6. The van der Waals surface area contributed by atoms with E-state index >= 15 is 0 Å². The Morgan fingerprint density at radius 1 is 1.40 bits per heavy atom. The number of nitro groups is 1. The summed E-state index contributed by atoms with van der Waals surface area (Å²) in [6, 6.07) is 5.00. The Morgan fingerprint density at radius 2 is 2.20 bits per heavy atom. The van der Waals surface area contributed by atoms with Crippen molar-refractivity contribution in [2.24, 2.45) is 5.73 Å². The Morgan fingerprint density at radius 3 is 2.95 bits per heavy atom. The molecule has 0 aliphatic heterocycles. The number of non-ortho nitro benzene ring substituents is 1. The fourth-order valence-corrected chi connectivity index (χ4v) is 2.59. The van der Waals surface area contributed by atoms with Crippen molar-refractivity contribution in [2.45, 2.75) is 37.8 Å². The van der Waals surface area contributed by atoms with Crippen molar-refractivity contribution in [3.63, 3.8) is 0 Å². The standard InChI is InChI=1S/C13H16N4O3/c14-9-3-1-2-4-10(9)15-13-16-11-6-5-8(17(18)19)7-12(11)20-13/h5-7,9-10H,1-4,14H2,(H,15,16)/t9-,10-/m1/s1. The summed E-state index contributed by atoms with van der Waals surface area (Å²) in [5.74, 6) is 0. The average molecular weight is 276 g/mol. The molecule has 2 aromatic rings. The Bertz CT molecular complexity index is 640. The lowest BCUT2D eigenvalue weighted by Gasteiger charge is -2.28. The lowest BCUT2D eigenvalue weighted by Crippen LogP contribution is -2.42. The molecular formula is C13H16N4O3.